The molecule has 0 saturated carbocycles. The van der Waals surface area contributed by atoms with Crippen molar-refractivity contribution in [2.24, 2.45) is 0 Å². The summed E-state index contributed by atoms with van der Waals surface area (Å²) in [5.74, 6) is -1.51. The molecule has 0 aliphatic heterocycles. The van der Waals surface area contributed by atoms with Crippen LogP contribution >= 0.6 is 7.60 Å². The Balaban J connectivity index is 4.89. The first kappa shape index (κ1) is 14.4. The summed E-state index contributed by atoms with van der Waals surface area (Å²) in [6.45, 7) is 8.50. The standard InChI is InChI=1S/C9H18NO4P/c1-5-6-10(9(11)7(2)3)8(4)15(12,13)14/h8H,2,5-6H2,1,3-4H3,(H2,12,13,14). The lowest BCUT2D eigenvalue weighted by Crippen LogP contribution is -2.39. The van der Waals surface area contributed by atoms with Crippen molar-refractivity contribution in [3.8, 4) is 0 Å². The van der Waals surface area contributed by atoms with Gasteiger partial charge < -0.3 is 14.7 Å². The summed E-state index contributed by atoms with van der Waals surface area (Å²) < 4.78 is 11.0. The Labute approximate surface area is 89.9 Å². The van der Waals surface area contributed by atoms with Gasteiger partial charge in [-0.05, 0) is 20.3 Å². The van der Waals surface area contributed by atoms with Crippen LogP contribution in [0, 0.1) is 0 Å². The third-order valence-electron chi connectivity index (χ3n) is 2.03. The molecule has 0 radical (unpaired) electrons. The number of rotatable bonds is 5. The van der Waals surface area contributed by atoms with E-state index in [1.165, 1.54) is 18.7 Å². The average molecular weight is 235 g/mol. The SMILES string of the molecule is C=C(C)C(=O)N(CCC)C(C)P(=O)(O)O. The summed E-state index contributed by atoms with van der Waals surface area (Å²) >= 11 is 0. The minimum absolute atomic E-state index is 0.281. The first-order valence-corrected chi connectivity index (χ1v) is 6.41. The molecule has 2 N–H and O–H groups in total. The first-order chi connectivity index (χ1) is 6.71. The molecule has 0 bridgehead atoms. The van der Waals surface area contributed by atoms with Crippen LogP contribution in [0.3, 0.4) is 0 Å². The van der Waals surface area contributed by atoms with Crippen LogP contribution in [0.15, 0.2) is 12.2 Å². The molecule has 0 fully saturated rings. The molecule has 0 spiro atoms. The van der Waals surface area contributed by atoms with E-state index in [4.69, 9.17) is 9.79 Å². The highest BCUT2D eigenvalue weighted by Crippen LogP contribution is 2.42. The summed E-state index contributed by atoms with van der Waals surface area (Å²) in [6.07, 6.45) is 0.642. The van der Waals surface area contributed by atoms with Gasteiger partial charge in [0, 0.05) is 12.1 Å². The van der Waals surface area contributed by atoms with Crippen LogP contribution in [0.25, 0.3) is 0 Å². The third kappa shape index (κ3) is 4.16. The van der Waals surface area contributed by atoms with Crippen molar-refractivity contribution >= 4 is 13.5 Å². The molecule has 0 rings (SSSR count). The fourth-order valence-electron chi connectivity index (χ4n) is 1.13. The Kier molecular flexibility index (Phi) is 5.21. The number of carbonyl (C=O) groups is 1. The Bertz CT molecular complexity index is 296. The number of amides is 1. The molecule has 1 unspecified atom stereocenters. The Morgan fingerprint density at radius 2 is 2.00 bits per heavy atom. The van der Waals surface area contributed by atoms with Gasteiger partial charge >= 0.3 is 7.60 Å². The van der Waals surface area contributed by atoms with Gasteiger partial charge in [-0.2, -0.15) is 0 Å². The van der Waals surface area contributed by atoms with E-state index in [0.29, 0.717) is 13.0 Å². The van der Waals surface area contributed by atoms with E-state index < -0.39 is 19.3 Å². The Morgan fingerprint density at radius 1 is 1.53 bits per heavy atom. The van der Waals surface area contributed by atoms with Crippen LogP contribution in [0.1, 0.15) is 27.2 Å². The summed E-state index contributed by atoms with van der Waals surface area (Å²) in [5.41, 5.74) is 0.281. The molecular weight excluding hydrogens is 217 g/mol. The van der Waals surface area contributed by atoms with Gasteiger partial charge in [0.15, 0.2) is 0 Å². The van der Waals surface area contributed by atoms with E-state index in [0.717, 1.165) is 0 Å². The second kappa shape index (κ2) is 5.45. The average Bonchev–Trinajstić information content (AvgIpc) is 2.10. The van der Waals surface area contributed by atoms with Crippen LogP contribution in [0.5, 0.6) is 0 Å². The van der Waals surface area contributed by atoms with Crippen molar-refractivity contribution in [1.82, 2.24) is 4.90 Å². The zero-order valence-electron chi connectivity index (χ0n) is 9.30. The molecule has 0 aliphatic rings. The molecule has 1 amide bonds. The Morgan fingerprint density at radius 3 is 2.27 bits per heavy atom. The third-order valence-corrected chi connectivity index (χ3v) is 3.28. The van der Waals surface area contributed by atoms with Gasteiger partial charge in [-0.1, -0.05) is 13.5 Å². The second-order valence-electron chi connectivity index (χ2n) is 3.50. The molecule has 0 aromatic rings. The minimum atomic E-state index is -4.27. The smallest absolute Gasteiger partial charge is 0.325 e. The van der Waals surface area contributed by atoms with Crippen molar-refractivity contribution in [2.45, 2.75) is 33.0 Å². The van der Waals surface area contributed by atoms with E-state index in [-0.39, 0.29) is 5.57 Å². The van der Waals surface area contributed by atoms with Crippen molar-refractivity contribution < 1.29 is 19.1 Å². The Hall–Kier alpha value is -0.640. The number of hydrogen-bond acceptors (Lipinski definition) is 2. The molecule has 5 nitrogen and oxygen atoms in total. The van der Waals surface area contributed by atoms with Crippen molar-refractivity contribution in [2.75, 3.05) is 6.54 Å². The summed E-state index contributed by atoms with van der Waals surface area (Å²) in [4.78, 5) is 30.8. The highest BCUT2D eigenvalue weighted by Gasteiger charge is 2.32. The van der Waals surface area contributed by atoms with Crippen LogP contribution in [-0.2, 0) is 9.36 Å². The molecule has 0 aliphatic carbocycles. The maximum absolute atomic E-state index is 11.6. The molecule has 0 aromatic heterocycles. The quantitative estimate of drug-likeness (QED) is 0.556. The second-order valence-corrected chi connectivity index (χ2v) is 5.43. The van der Waals surface area contributed by atoms with Crippen LogP contribution in [-0.4, -0.2) is 32.9 Å². The van der Waals surface area contributed by atoms with Gasteiger partial charge in [-0.3, -0.25) is 9.36 Å². The van der Waals surface area contributed by atoms with Crippen molar-refractivity contribution in [3.05, 3.63) is 12.2 Å². The van der Waals surface area contributed by atoms with Gasteiger partial charge in [-0.15, -0.1) is 0 Å². The lowest BCUT2D eigenvalue weighted by Gasteiger charge is -2.29. The summed E-state index contributed by atoms with van der Waals surface area (Å²) in [7, 11) is -4.27. The van der Waals surface area contributed by atoms with Crippen molar-refractivity contribution in [1.29, 1.82) is 0 Å². The van der Waals surface area contributed by atoms with Crippen LogP contribution in [0.4, 0.5) is 0 Å². The lowest BCUT2D eigenvalue weighted by atomic mass is 10.3. The van der Waals surface area contributed by atoms with Crippen LogP contribution < -0.4 is 0 Å². The monoisotopic (exact) mass is 235 g/mol. The summed E-state index contributed by atoms with van der Waals surface area (Å²) in [5, 5.41) is 0. The fourth-order valence-corrected chi connectivity index (χ4v) is 1.71. The number of nitrogens with zero attached hydrogens (tertiary/aromatic N) is 1. The van der Waals surface area contributed by atoms with Crippen LogP contribution in [0.2, 0.25) is 0 Å². The number of hydrogen-bond donors (Lipinski definition) is 2. The topological polar surface area (TPSA) is 77.8 Å². The fraction of sp³-hybridized carbons (Fsp3) is 0.667. The largest absolute Gasteiger partial charge is 0.347 e. The van der Waals surface area contributed by atoms with Gasteiger partial charge in [0.2, 0.25) is 5.91 Å². The van der Waals surface area contributed by atoms with Crippen molar-refractivity contribution in [3.63, 3.8) is 0 Å². The molecule has 6 heteroatoms. The van der Waals surface area contributed by atoms with Gasteiger partial charge in [0.05, 0.1) is 0 Å². The maximum atomic E-state index is 11.6. The molecule has 15 heavy (non-hydrogen) atoms. The van der Waals surface area contributed by atoms with E-state index >= 15 is 0 Å². The molecule has 0 aromatic carbocycles. The van der Waals surface area contributed by atoms with E-state index in [2.05, 4.69) is 6.58 Å². The molecule has 0 heterocycles. The first-order valence-electron chi connectivity index (χ1n) is 4.73. The highest BCUT2D eigenvalue weighted by atomic mass is 31.2. The minimum Gasteiger partial charge on any atom is -0.325 e. The maximum Gasteiger partial charge on any atom is 0.347 e. The molecule has 0 saturated heterocycles. The van der Waals surface area contributed by atoms with E-state index in [1.807, 2.05) is 6.92 Å². The number of carbonyl (C=O) groups excluding carboxylic acids is 1. The van der Waals surface area contributed by atoms with Gasteiger partial charge in [-0.25, -0.2) is 0 Å². The van der Waals surface area contributed by atoms with Gasteiger partial charge in [0.25, 0.3) is 0 Å². The lowest BCUT2D eigenvalue weighted by molar-refractivity contribution is -0.128. The zero-order chi connectivity index (χ0) is 12.2. The predicted octanol–water partition coefficient (Wildman–Crippen LogP) is 1.32. The normalized spacial score (nSPS) is 13.4. The molecular formula is C9H18NO4P. The van der Waals surface area contributed by atoms with E-state index in [1.54, 1.807) is 0 Å². The zero-order valence-corrected chi connectivity index (χ0v) is 10.2. The predicted molar refractivity (Wildman–Crippen MR) is 58.3 cm³/mol. The van der Waals surface area contributed by atoms with E-state index in [9.17, 15) is 9.36 Å². The highest BCUT2D eigenvalue weighted by molar-refractivity contribution is 7.52. The van der Waals surface area contributed by atoms with Gasteiger partial charge in [0.1, 0.15) is 5.78 Å². The summed E-state index contributed by atoms with van der Waals surface area (Å²) in [6, 6.07) is 0. The molecule has 1 atom stereocenters. The molecule has 88 valence electrons.